The zero-order valence-corrected chi connectivity index (χ0v) is 11.7. The second-order valence-corrected chi connectivity index (χ2v) is 5.98. The van der Waals surface area contributed by atoms with Crippen LogP contribution in [0.5, 0.6) is 0 Å². The first-order chi connectivity index (χ1) is 8.66. The lowest BCUT2D eigenvalue weighted by molar-refractivity contribution is -0.146. The van der Waals surface area contributed by atoms with E-state index in [0.29, 0.717) is 0 Å². The molecule has 0 atom stereocenters. The fourth-order valence-electron chi connectivity index (χ4n) is 2.81. The lowest BCUT2D eigenvalue weighted by Gasteiger charge is -2.29. The molecule has 0 bridgehead atoms. The van der Waals surface area contributed by atoms with E-state index in [1.165, 1.54) is 39.5 Å². The van der Waals surface area contributed by atoms with Gasteiger partial charge in [-0.05, 0) is 64.7 Å². The quantitative estimate of drug-likeness (QED) is 0.572. The average molecular weight is 254 g/mol. The van der Waals surface area contributed by atoms with Crippen LogP contribution in [0, 0.1) is 11.3 Å². The molecule has 0 unspecified atom stereocenters. The minimum atomic E-state index is -0.179. The van der Waals surface area contributed by atoms with Gasteiger partial charge in [0.2, 0.25) is 0 Å². The highest BCUT2D eigenvalue weighted by atomic mass is 16.5. The molecule has 0 spiro atoms. The third kappa shape index (κ3) is 3.45. The van der Waals surface area contributed by atoms with Crippen LogP contribution in [-0.4, -0.2) is 51.2 Å². The van der Waals surface area contributed by atoms with Gasteiger partial charge < -0.3 is 15.0 Å². The third-order valence-electron chi connectivity index (χ3n) is 4.50. The minimum Gasteiger partial charge on any atom is -0.469 e. The third-order valence-corrected chi connectivity index (χ3v) is 4.50. The number of methoxy groups -OCH3 is 1. The van der Waals surface area contributed by atoms with Crippen LogP contribution in [0.15, 0.2) is 0 Å². The van der Waals surface area contributed by atoms with E-state index in [9.17, 15) is 4.79 Å². The number of nitrogens with zero attached hydrogens (tertiary/aromatic N) is 1. The Kier molecular flexibility index (Phi) is 4.62. The van der Waals surface area contributed by atoms with Gasteiger partial charge >= 0.3 is 5.97 Å². The van der Waals surface area contributed by atoms with Gasteiger partial charge in [0.15, 0.2) is 0 Å². The molecule has 2 aliphatic rings. The lowest BCUT2D eigenvalue weighted by Crippen LogP contribution is -2.34. The van der Waals surface area contributed by atoms with Crippen molar-refractivity contribution in [3.8, 4) is 0 Å². The van der Waals surface area contributed by atoms with Crippen LogP contribution in [0.3, 0.4) is 0 Å². The molecule has 104 valence electrons. The number of hydrogen-bond donors (Lipinski definition) is 1. The molecule has 1 saturated carbocycles. The van der Waals surface area contributed by atoms with Gasteiger partial charge in [-0.1, -0.05) is 0 Å². The van der Waals surface area contributed by atoms with Gasteiger partial charge in [-0.2, -0.15) is 0 Å². The summed E-state index contributed by atoms with van der Waals surface area (Å²) < 4.78 is 4.85. The predicted octanol–water partition coefficient (Wildman–Crippen LogP) is 1.26. The van der Waals surface area contributed by atoms with Crippen LogP contribution in [0.25, 0.3) is 0 Å². The van der Waals surface area contributed by atoms with Crippen LogP contribution >= 0.6 is 0 Å². The zero-order valence-electron chi connectivity index (χ0n) is 11.7. The smallest absolute Gasteiger partial charge is 0.313 e. The van der Waals surface area contributed by atoms with Gasteiger partial charge in [-0.3, -0.25) is 4.79 Å². The van der Waals surface area contributed by atoms with E-state index in [4.69, 9.17) is 4.74 Å². The van der Waals surface area contributed by atoms with Crippen molar-refractivity contribution in [2.75, 3.05) is 40.3 Å². The molecule has 4 nitrogen and oxygen atoms in total. The first kappa shape index (κ1) is 13.8. The molecular formula is C14H26N2O2. The van der Waals surface area contributed by atoms with Crippen molar-refractivity contribution in [2.45, 2.75) is 32.1 Å². The maximum absolute atomic E-state index is 11.6. The van der Waals surface area contributed by atoms with Crippen LogP contribution in [0.4, 0.5) is 0 Å². The Hall–Kier alpha value is -0.610. The molecule has 1 aliphatic carbocycles. The molecular weight excluding hydrogens is 228 g/mol. The molecule has 4 heteroatoms. The second kappa shape index (κ2) is 6.02. The van der Waals surface area contributed by atoms with Crippen molar-refractivity contribution in [2.24, 2.45) is 11.3 Å². The van der Waals surface area contributed by atoms with Gasteiger partial charge in [-0.25, -0.2) is 0 Å². The van der Waals surface area contributed by atoms with Gasteiger partial charge in [0.05, 0.1) is 12.5 Å². The summed E-state index contributed by atoms with van der Waals surface area (Å²) in [5.41, 5.74) is -0.179. The van der Waals surface area contributed by atoms with Gasteiger partial charge in [0.1, 0.15) is 0 Å². The molecule has 0 aromatic rings. The minimum absolute atomic E-state index is 0.0331. The Balaban J connectivity index is 1.58. The van der Waals surface area contributed by atoms with Crippen molar-refractivity contribution in [1.29, 1.82) is 0 Å². The van der Waals surface area contributed by atoms with Crippen molar-refractivity contribution >= 4 is 5.97 Å². The highest BCUT2D eigenvalue weighted by Gasteiger charge is 2.50. The predicted molar refractivity (Wildman–Crippen MR) is 71.4 cm³/mol. The number of carbonyl (C=O) groups excluding carboxylic acids is 1. The van der Waals surface area contributed by atoms with E-state index in [-0.39, 0.29) is 11.4 Å². The van der Waals surface area contributed by atoms with Gasteiger partial charge in [0.25, 0.3) is 0 Å². The summed E-state index contributed by atoms with van der Waals surface area (Å²) >= 11 is 0. The van der Waals surface area contributed by atoms with E-state index in [2.05, 4.69) is 17.3 Å². The molecule has 0 amide bonds. The molecule has 2 fully saturated rings. The molecule has 0 aromatic heterocycles. The molecule has 0 aromatic carbocycles. The van der Waals surface area contributed by atoms with E-state index < -0.39 is 0 Å². The van der Waals surface area contributed by atoms with Crippen LogP contribution in [0.1, 0.15) is 32.1 Å². The van der Waals surface area contributed by atoms with Crippen LogP contribution in [-0.2, 0) is 9.53 Å². The fourth-order valence-corrected chi connectivity index (χ4v) is 2.81. The Bertz CT molecular complexity index is 282. The monoisotopic (exact) mass is 254 g/mol. The Morgan fingerprint density at radius 1 is 1.39 bits per heavy atom. The molecule has 18 heavy (non-hydrogen) atoms. The SMILES string of the molecule is COC(=O)C1(CNCCC2CCN(C)CC2)CC1. The summed E-state index contributed by atoms with van der Waals surface area (Å²) in [7, 11) is 3.68. The summed E-state index contributed by atoms with van der Waals surface area (Å²) in [5, 5.41) is 3.45. The summed E-state index contributed by atoms with van der Waals surface area (Å²) in [4.78, 5) is 14.0. The van der Waals surface area contributed by atoms with Crippen molar-refractivity contribution < 1.29 is 9.53 Å². The number of hydrogen-bond acceptors (Lipinski definition) is 4. The average Bonchev–Trinajstić information content (AvgIpc) is 3.17. The highest BCUT2D eigenvalue weighted by Crippen LogP contribution is 2.46. The van der Waals surface area contributed by atoms with E-state index in [0.717, 1.165) is 31.8 Å². The first-order valence-electron chi connectivity index (χ1n) is 7.14. The number of nitrogens with one attached hydrogen (secondary N) is 1. The Labute approximate surface area is 110 Å². The molecule has 0 radical (unpaired) electrons. The van der Waals surface area contributed by atoms with Crippen LogP contribution in [0.2, 0.25) is 0 Å². The largest absolute Gasteiger partial charge is 0.469 e. The summed E-state index contributed by atoms with van der Waals surface area (Å²) in [5.74, 6) is 0.830. The summed E-state index contributed by atoms with van der Waals surface area (Å²) in [6, 6.07) is 0. The normalized spacial score (nSPS) is 23.9. The summed E-state index contributed by atoms with van der Waals surface area (Å²) in [6.45, 7) is 4.30. The highest BCUT2D eigenvalue weighted by molar-refractivity contribution is 5.80. The van der Waals surface area contributed by atoms with E-state index >= 15 is 0 Å². The fraction of sp³-hybridized carbons (Fsp3) is 0.929. The second-order valence-electron chi connectivity index (χ2n) is 5.98. The maximum Gasteiger partial charge on any atom is 0.313 e. The first-order valence-corrected chi connectivity index (χ1v) is 7.14. The van der Waals surface area contributed by atoms with Crippen molar-refractivity contribution in [3.63, 3.8) is 0 Å². The Morgan fingerprint density at radius 2 is 2.06 bits per heavy atom. The van der Waals surface area contributed by atoms with E-state index in [1.54, 1.807) is 0 Å². The van der Waals surface area contributed by atoms with E-state index in [1.807, 2.05) is 0 Å². The topological polar surface area (TPSA) is 41.6 Å². The zero-order chi connectivity index (χ0) is 13.0. The number of likely N-dealkylation sites (tertiary alicyclic amines) is 1. The van der Waals surface area contributed by atoms with Crippen LogP contribution < -0.4 is 5.32 Å². The standard InChI is InChI=1S/C14H26N2O2/c1-16-9-4-12(5-10-16)3-8-15-11-14(6-7-14)13(17)18-2/h12,15H,3-11H2,1-2H3. The number of carbonyl (C=O) groups is 1. The molecule has 2 rings (SSSR count). The Morgan fingerprint density at radius 3 is 2.61 bits per heavy atom. The molecule has 1 N–H and O–H groups in total. The number of ether oxygens (including phenoxy) is 1. The van der Waals surface area contributed by atoms with Crippen molar-refractivity contribution in [1.82, 2.24) is 10.2 Å². The maximum atomic E-state index is 11.6. The molecule has 1 aliphatic heterocycles. The lowest BCUT2D eigenvalue weighted by atomic mass is 9.94. The molecule has 1 saturated heterocycles. The summed E-state index contributed by atoms with van der Waals surface area (Å²) in [6.07, 6.45) is 5.85. The van der Waals surface area contributed by atoms with Gasteiger partial charge in [-0.15, -0.1) is 0 Å². The number of esters is 1. The van der Waals surface area contributed by atoms with Gasteiger partial charge in [0, 0.05) is 6.54 Å². The molecule has 1 heterocycles. The van der Waals surface area contributed by atoms with Crippen molar-refractivity contribution in [3.05, 3.63) is 0 Å². The number of rotatable bonds is 6. The number of piperidine rings is 1.